The van der Waals surface area contributed by atoms with Gasteiger partial charge in [0, 0.05) is 23.8 Å². The van der Waals surface area contributed by atoms with Gasteiger partial charge in [-0.25, -0.2) is 4.98 Å². The van der Waals surface area contributed by atoms with Gasteiger partial charge in [-0.05, 0) is 46.2 Å². The number of aromatic nitrogens is 1. The number of anilines is 2. The third kappa shape index (κ3) is 2.97. The Morgan fingerprint density at radius 3 is 2.44 bits per heavy atom. The van der Waals surface area contributed by atoms with E-state index in [2.05, 4.69) is 46.6 Å². The highest BCUT2D eigenvalue weighted by Crippen LogP contribution is 2.36. The Kier molecular flexibility index (Phi) is 3.85. The fourth-order valence-corrected chi connectivity index (χ4v) is 3.02. The van der Waals surface area contributed by atoms with Gasteiger partial charge in [0.25, 0.3) is 0 Å². The van der Waals surface area contributed by atoms with Crippen LogP contribution in [0.1, 0.15) is 33.6 Å². The first-order valence-electron chi connectivity index (χ1n) is 6.54. The van der Waals surface area contributed by atoms with Crippen molar-refractivity contribution in [2.45, 2.75) is 33.6 Å². The lowest BCUT2D eigenvalue weighted by atomic mass is 9.75. The third-order valence-electron chi connectivity index (χ3n) is 3.88. The van der Waals surface area contributed by atoms with E-state index < -0.39 is 0 Å². The standard InChI is InChI=1S/C14H22BrN3/c1-14(2,3)10-4-6-18(7-5-10)13-12(16)8-11(15)9-17-13/h8-10H,4-7,16H2,1-3H3. The molecular weight excluding hydrogens is 290 g/mol. The molecule has 0 radical (unpaired) electrons. The molecule has 4 heteroatoms. The Hall–Kier alpha value is -0.770. The van der Waals surface area contributed by atoms with Gasteiger partial charge in [0.05, 0.1) is 5.69 Å². The number of piperidine rings is 1. The molecule has 3 nitrogen and oxygen atoms in total. The van der Waals surface area contributed by atoms with Crippen molar-refractivity contribution in [1.82, 2.24) is 4.98 Å². The van der Waals surface area contributed by atoms with Crippen LogP contribution in [0.3, 0.4) is 0 Å². The Morgan fingerprint density at radius 1 is 1.33 bits per heavy atom. The summed E-state index contributed by atoms with van der Waals surface area (Å²) in [6.45, 7) is 9.11. The van der Waals surface area contributed by atoms with Crippen molar-refractivity contribution in [3.05, 3.63) is 16.7 Å². The number of rotatable bonds is 1. The van der Waals surface area contributed by atoms with E-state index in [4.69, 9.17) is 5.73 Å². The molecule has 1 aromatic rings. The highest BCUT2D eigenvalue weighted by Gasteiger charge is 2.29. The predicted molar refractivity (Wildman–Crippen MR) is 80.7 cm³/mol. The van der Waals surface area contributed by atoms with Gasteiger partial charge in [-0.15, -0.1) is 0 Å². The van der Waals surface area contributed by atoms with Gasteiger partial charge in [-0.2, -0.15) is 0 Å². The highest BCUT2D eigenvalue weighted by molar-refractivity contribution is 9.10. The first-order chi connectivity index (χ1) is 8.38. The first-order valence-corrected chi connectivity index (χ1v) is 7.33. The molecule has 0 bridgehead atoms. The molecule has 1 saturated heterocycles. The fourth-order valence-electron chi connectivity index (χ4n) is 2.67. The lowest BCUT2D eigenvalue weighted by Crippen LogP contribution is -2.38. The van der Waals surface area contributed by atoms with Gasteiger partial charge in [-0.3, -0.25) is 0 Å². The Labute approximate surface area is 118 Å². The van der Waals surface area contributed by atoms with Crippen molar-refractivity contribution in [2.24, 2.45) is 11.3 Å². The number of nitrogens with two attached hydrogens (primary N) is 1. The molecule has 1 aromatic heterocycles. The van der Waals surface area contributed by atoms with Crippen molar-refractivity contribution in [3.8, 4) is 0 Å². The van der Waals surface area contributed by atoms with Crippen LogP contribution in [-0.2, 0) is 0 Å². The molecule has 18 heavy (non-hydrogen) atoms. The summed E-state index contributed by atoms with van der Waals surface area (Å²) in [6.07, 6.45) is 4.27. The molecule has 2 heterocycles. The van der Waals surface area contributed by atoms with E-state index in [9.17, 15) is 0 Å². The molecule has 0 atom stereocenters. The molecule has 2 rings (SSSR count). The first kappa shape index (κ1) is 13.7. The largest absolute Gasteiger partial charge is 0.396 e. The van der Waals surface area contributed by atoms with Crippen molar-refractivity contribution in [1.29, 1.82) is 0 Å². The monoisotopic (exact) mass is 311 g/mol. The van der Waals surface area contributed by atoms with E-state index in [1.807, 2.05) is 12.3 Å². The van der Waals surface area contributed by atoms with Gasteiger partial charge < -0.3 is 10.6 Å². The minimum atomic E-state index is 0.408. The lowest BCUT2D eigenvalue weighted by Gasteiger charge is -2.39. The van der Waals surface area contributed by atoms with Crippen LogP contribution in [0.4, 0.5) is 11.5 Å². The average molecular weight is 312 g/mol. The summed E-state index contributed by atoms with van der Waals surface area (Å²) in [6, 6.07) is 1.93. The minimum absolute atomic E-state index is 0.408. The summed E-state index contributed by atoms with van der Waals surface area (Å²) in [7, 11) is 0. The van der Waals surface area contributed by atoms with E-state index in [-0.39, 0.29) is 0 Å². The summed E-state index contributed by atoms with van der Waals surface area (Å²) in [5.41, 5.74) is 7.21. The zero-order valence-electron chi connectivity index (χ0n) is 11.4. The van der Waals surface area contributed by atoms with Crippen molar-refractivity contribution >= 4 is 27.4 Å². The summed E-state index contributed by atoms with van der Waals surface area (Å²) in [5.74, 6) is 1.73. The Morgan fingerprint density at radius 2 is 1.94 bits per heavy atom. The molecule has 0 aromatic carbocycles. The minimum Gasteiger partial charge on any atom is -0.396 e. The van der Waals surface area contributed by atoms with E-state index in [1.54, 1.807) is 0 Å². The fraction of sp³-hybridized carbons (Fsp3) is 0.643. The van der Waals surface area contributed by atoms with Crippen LogP contribution in [0, 0.1) is 11.3 Å². The van der Waals surface area contributed by atoms with E-state index in [0.29, 0.717) is 5.41 Å². The number of nitrogen functional groups attached to an aromatic ring is 1. The summed E-state index contributed by atoms with van der Waals surface area (Å²) < 4.78 is 0.938. The van der Waals surface area contributed by atoms with Gasteiger partial charge in [0.15, 0.2) is 5.82 Å². The maximum absolute atomic E-state index is 6.04. The summed E-state index contributed by atoms with van der Waals surface area (Å²) in [5, 5.41) is 0. The Bertz CT molecular complexity index is 418. The lowest BCUT2D eigenvalue weighted by molar-refractivity contribution is 0.199. The van der Waals surface area contributed by atoms with Crippen LogP contribution in [0.5, 0.6) is 0 Å². The summed E-state index contributed by atoms with van der Waals surface area (Å²) >= 11 is 3.39. The second kappa shape index (κ2) is 5.08. The number of hydrogen-bond donors (Lipinski definition) is 1. The molecule has 1 aliphatic heterocycles. The number of hydrogen-bond acceptors (Lipinski definition) is 3. The molecular formula is C14H22BrN3. The highest BCUT2D eigenvalue weighted by atomic mass is 79.9. The molecule has 1 aliphatic rings. The van der Waals surface area contributed by atoms with E-state index in [0.717, 1.165) is 35.0 Å². The molecule has 1 fully saturated rings. The number of pyridine rings is 1. The molecule has 0 spiro atoms. The quantitative estimate of drug-likeness (QED) is 0.860. The predicted octanol–water partition coefficient (Wildman–Crippen LogP) is 3.69. The number of nitrogens with zero attached hydrogens (tertiary/aromatic N) is 2. The van der Waals surface area contributed by atoms with Crippen LogP contribution >= 0.6 is 15.9 Å². The zero-order chi connectivity index (χ0) is 13.3. The van der Waals surface area contributed by atoms with Gasteiger partial charge in [-0.1, -0.05) is 20.8 Å². The summed E-state index contributed by atoms with van der Waals surface area (Å²) in [4.78, 5) is 6.75. The smallest absolute Gasteiger partial charge is 0.151 e. The molecule has 100 valence electrons. The van der Waals surface area contributed by atoms with Crippen molar-refractivity contribution in [2.75, 3.05) is 23.7 Å². The van der Waals surface area contributed by atoms with Gasteiger partial charge in [0.2, 0.25) is 0 Å². The molecule has 0 amide bonds. The van der Waals surface area contributed by atoms with Crippen LogP contribution in [-0.4, -0.2) is 18.1 Å². The van der Waals surface area contributed by atoms with Gasteiger partial charge >= 0.3 is 0 Å². The maximum atomic E-state index is 6.04. The third-order valence-corrected chi connectivity index (χ3v) is 4.31. The second-order valence-electron chi connectivity index (χ2n) is 6.19. The van der Waals surface area contributed by atoms with Gasteiger partial charge in [0.1, 0.15) is 0 Å². The number of halogens is 1. The SMILES string of the molecule is CC(C)(C)C1CCN(c2ncc(Br)cc2N)CC1. The Balaban J connectivity index is 2.06. The topological polar surface area (TPSA) is 42.2 Å². The van der Waals surface area contributed by atoms with Crippen LogP contribution in [0.25, 0.3) is 0 Å². The van der Waals surface area contributed by atoms with Crippen LogP contribution in [0.15, 0.2) is 16.7 Å². The molecule has 2 N–H and O–H groups in total. The van der Waals surface area contributed by atoms with E-state index in [1.165, 1.54) is 12.8 Å². The maximum Gasteiger partial charge on any atom is 0.151 e. The zero-order valence-corrected chi connectivity index (χ0v) is 13.0. The van der Waals surface area contributed by atoms with Crippen LogP contribution in [0.2, 0.25) is 0 Å². The molecule has 0 saturated carbocycles. The molecule has 0 unspecified atom stereocenters. The van der Waals surface area contributed by atoms with Crippen LogP contribution < -0.4 is 10.6 Å². The molecule has 0 aliphatic carbocycles. The second-order valence-corrected chi connectivity index (χ2v) is 7.11. The average Bonchev–Trinajstić information content (AvgIpc) is 2.28. The van der Waals surface area contributed by atoms with Crippen molar-refractivity contribution < 1.29 is 0 Å². The van der Waals surface area contributed by atoms with Crippen molar-refractivity contribution in [3.63, 3.8) is 0 Å². The van der Waals surface area contributed by atoms with E-state index >= 15 is 0 Å². The normalized spacial score (nSPS) is 18.1.